The van der Waals surface area contributed by atoms with E-state index >= 15 is 0 Å². The Hall–Kier alpha value is -1.57. The van der Waals surface area contributed by atoms with Crippen molar-refractivity contribution >= 4 is 39.0 Å². The van der Waals surface area contributed by atoms with Crippen molar-refractivity contribution < 1.29 is 0 Å². The van der Waals surface area contributed by atoms with Crippen LogP contribution in [0.3, 0.4) is 0 Å². The Morgan fingerprint density at radius 3 is 2.86 bits per heavy atom. The lowest BCUT2D eigenvalue weighted by Gasteiger charge is -2.17. The molecule has 0 unspecified atom stereocenters. The van der Waals surface area contributed by atoms with E-state index in [0.29, 0.717) is 16.4 Å². The van der Waals surface area contributed by atoms with Gasteiger partial charge in [0, 0.05) is 15.2 Å². The summed E-state index contributed by atoms with van der Waals surface area (Å²) in [6.07, 6.45) is 4.32. The zero-order valence-electron chi connectivity index (χ0n) is 11.3. The number of nitrogens with one attached hydrogen (secondary N) is 1. The van der Waals surface area contributed by atoms with Crippen LogP contribution in [0.4, 0.5) is 11.5 Å². The number of aryl methyl sites for hydroxylation is 2. The number of nitriles is 1. The Morgan fingerprint density at radius 1 is 1.24 bits per heavy atom. The molecule has 0 fully saturated rings. The fraction of sp³-hybridized carbons (Fsp3) is 0.250. The number of aromatic nitrogens is 1. The molecule has 1 aliphatic carbocycles. The topological polar surface area (TPSA) is 48.7 Å². The molecule has 3 nitrogen and oxygen atoms in total. The highest BCUT2D eigenvalue weighted by Gasteiger charge is 2.15. The molecule has 1 aromatic carbocycles. The van der Waals surface area contributed by atoms with Crippen LogP contribution in [0.25, 0.3) is 0 Å². The quantitative estimate of drug-likeness (QED) is 0.818. The molecule has 1 heterocycles. The summed E-state index contributed by atoms with van der Waals surface area (Å²) in [5, 5.41) is 13.2. The molecule has 0 bridgehead atoms. The van der Waals surface area contributed by atoms with Crippen LogP contribution in [0, 0.1) is 11.3 Å². The van der Waals surface area contributed by atoms with Gasteiger partial charge in [0.25, 0.3) is 0 Å². The first-order valence-corrected chi connectivity index (χ1v) is 7.99. The van der Waals surface area contributed by atoms with Gasteiger partial charge >= 0.3 is 0 Å². The Bertz CT molecular complexity index is 737. The second kappa shape index (κ2) is 6.05. The van der Waals surface area contributed by atoms with Gasteiger partial charge in [-0.2, -0.15) is 5.26 Å². The number of nitrogens with zero attached hydrogens (tertiary/aromatic N) is 2. The number of fused-ring (bicyclic) bond motifs is 1. The summed E-state index contributed by atoms with van der Waals surface area (Å²) in [5.74, 6) is 0.598. The fourth-order valence-electron chi connectivity index (χ4n) is 2.54. The maximum absolute atomic E-state index is 9.35. The van der Waals surface area contributed by atoms with E-state index in [1.54, 1.807) is 0 Å². The first-order chi connectivity index (χ1) is 10.2. The summed E-state index contributed by atoms with van der Waals surface area (Å²) in [6, 6.07) is 9.68. The molecule has 1 aliphatic rings. The molecule has 106 valence electrons. The van der Waals surface area contributed by atoms with Gasteiger partial charge in [-0.15, -0.1) is 0 Å². The summed E-state index contributed by atoms with van der Waals surface area (Å²) in [7, 11) is 0. The number of rotatable bonds is 2. The van der Waals surface area contributed by atoms with E-state index in [0.717, 1.165) is 35.1 Å². The van der Waals surface area contributed by atoms with Crippen molar-refractivity contribution in [1.29, 1.82) is 5.26 Å². The minimum atomic E-state index is 0.572. The Balaban J connectivity index is 2.02. The molecule has 0 radical (unpaired) electrons. The molecular weight excluding hydrogens is 350 g/mol. The van der Waals surface area contributed by atoms with E-state index in [2.05, 4.69) is 32.3 Å². The molecule has 21 heavy (non-hydrogen) atoms. The zero-order chi connectivity index (χ0) is 14.8. The lowest BCUT2D eigenvalue weighted by Crippen LogP contribution is -2.09. The van der Waals surface area contributed by atoms with E-state index in [4.69, 9.17) is 11.6 Å². The third kappa shape index (κ3) is 3.04. The Labute approximate surface area is 137 Å². The van der Waals surface area contributed by atoms with Crippen LogP contribution in [0.15, 0.2) is 28.7 Å². The maximum atomic E-state index is 9.35. The first-order valence-electron chi connectivity index (χ1n) is 6.82. The van der Waals surface area contributed by atoms with Gasteiger partial charge in [0.1, 0.15) is 11.9 Å². The van der Waals surface area contributed by atoms with Gasteiger partial charge in [-0.05, 0) is 71.4 Å². The van der Waals surface area contributed by atoms with Crippen LogP contribution in [0.5, 0.6) is 0 Å². The van der Waals surface area contributed by atoms with Crippen LogP contribution in [0.2, 0.25) is 5.02 Å². The van der Waals surface area contributed by atoms with Gasteiger partial charge in [0.15, 0.2) is 0 Å². The number of pyridine rings is 1. The number of benzene rings is 1. The molecular formula is C16H13BrClN3. The maximum Gasteiger partial charge on any atom is 0.148 e. The van der Waals surface area contributed by atoms with Gasteiger partial charge in [-0.3, -0.25) is 0 Å². The summed E-state index contributed by atoms with van der Waals surface area (Å²) in [5.41, 5.74) is 3.68. The largest absolute Gasteiger partial charge is 0.338 e. The van der Waals surface area contributed by atoms with Crippen molar-refractivity contribution in [3.63, 3.8) is 0 Å². The van der Waals surface area contributed by atoms with Crippen LogP contribution in [0.1, 0.15) is 29.7 Å². The van der Waals surface area contributed by atoms with Gasteiger partial charge in [0.05, 0.1) is 11.3 Å². The smallest absolute Gasteiger partial charge is 0.148 e. The van der Waals surface area contributed by atoms with Crippen molar-refractivity contribution in [2.24, 2.45) is 0 Å². The molecule has 2 aromatic rings. The minimum absolute atomic E-state index is 0.572. The van der Waals surface area contributed by atoms with Crippen molar-refractivity contribution in [3.8, 4) is 6.07 Å². The van der Waals surface area contributed by atoms with Crippen molar-refractivity contribution in [2.75, 3.05) is 5.32 Å². The number of halogens is 2. The summed E-state index contributed by atoms with van der Waals surface area (Å²) < 4.78 is 0.885. The molecule has 0 saturated carbocycles. The number of hydrogen-bond acceptors (Lipinski definition) is 3. The monoisotopic (exact) mass is 361 g/mol. The van der Waals surface area contributed by atoms with E-state index in [9.17, 15) is 5.26 Å². The molecule has 0 spiro atoms. The molecule has 1 N–H and O–H groups in total. The summed E-state index contributed by atoms with van der Waals surface area (Å²) >= 11 is 9.50. The highest BCUT2D eigenvalue weighted by atomic mass is 79.9. The van der Waals surface area contributed by atoms with Crippen LogP contribution < -0.4 is 5.32 Å². The summed E-state index contributed by atoms with van der Waals surface area (Å²) in [4.78, 5) is 4.65. The molecule has 5 heteroatoms. The average Bonchev–Trinajstić information content (AvgIpc) is 2.50. The third-order valence-electron chi connectivity index (χ3n) is 3.60. The van der Waals surface area contributed by atoms with Crippen LogP contribution >= 0.6 is 27.5 Å². The van der Waals surface area contributed by atoms with Crippen LogP contribution in [-0.2, 0) is 12.8 Å². The standard InChI is InChI=1S/C16H13BrClN3/c17-13-6-5-12(18)8-15(13)21-16-11(9-19)7-10-3-1-2-4-14(10)20-16/h5-8H,1-4H2,(H,20,21). The predicted octanol–water partition coefficient (Wildman–Crippen LogP) is 4.99. The van der Waals surface area contributed by atoms with Crippen molar-refractivity contribution in [1.82, 2.24) is 4.98 Å². The molecule has 0 saturated heterocycles. The third-order valence-corrected chi connectivity index (χ3v) is 4.53. The first kappa shape index (κ1) is 14.4. The van der Waals surface area contributed by atoms with E-state index in [1.165, 1.54) is 12.0 Å². The van der Waals surface area contributed by atoms with Gasteiger partial charge < -0.3 is 5.32 Å². The molecule has 1 aromatic heterocycles. The minimum Gasteiger partial charge on any atom is -0.338 e. The number of anilines is 2. The highest BCUT2D eigenvalue weighted by molar-refractivity contribution is 9.10. The molecule has 0 atom stereocenters. The van der Waals surface area contributed by atoms with E-state index in [1.807, 2.05) is 24.3 Å². The molecule has 3 rings (SSSR count). The predicted molar refractivity (Wildman–Crippen MR) is 88.0 cm³/mol. The van der Waals surface area contributed by atoms with E-state index < -0.39 is 0 Å². The lowest BCUT2D eigenvalue weighted by molar-refractivity contribution is 0.668. The van der Waals surface area contributed by atoms with Gasteiger partial charge in [-0.1, -0.05) is 11.6 Å². The van der Waals surface area contributed by atoms with Crippen LogP contribution in [-0.4, -0.2) is 4.98 Å². The fourth-order valence-corrected chi connectivity index (χ4v) is 3.05. The van der Waals surface area contributed by atoms with Crippen molar-refractivity contribution in [3.05, 3.63) is 50.6 Å². The normalized spacial score (nSPS) is 13.4. The van der Waals surface area contributed by atoms with Gasteiger partial charge in [0.2, 0.25) is 0 Å². The molecule has 0 amide bonds. The zero-order valence-corrected chi connectivity index (χ0v) is 13.6. The second-order valence-corrected chi connectivity index (χ2v) is 6.35. The second-order valence-electron chi connectivity index (χ2n) is 5.06. The van der Waals surface area contributed by atoms with Gasteiger partial charge in [-0.25, -0.2) is 4.98 Å². The highest BCUT2D eigenvalue weighted by Crippen LogP contribution is 2.31. The Morgan fingerprint density at radius 2 is 2.05 bits per heavy atom. The average molecular weight is 363 g/mol. The van der Waals surface area contributed by atoms with E-state index in [-0.39, 0.29) is 0 Å². The lowest BCUT2D eigenvalue weighted by atomic mass is 9.95. The van der Waals surface area contributed by atoms with Crippen molar-refractivity contribution in [2.45, 2.75) is 25.7 Å². The number of hydrogen-bond donors (Lipinski definition) is 1. The SMILES string of the molecule is N#Cc1cc2c(nc1Nc1cc(Cl)ccc1Br)CCCC2. The summed E-state index contributed by atoms with van der Waals surface area (Å²) in [6.45, 7) is 0. The molecule has 0 aliphatic heterocycles. The Kier molecular flexibility index (Phi) is 4.14.